The van der Waals surface area contributed by atoms with Gasteiger partial charge in [0.1, 0.15) is 11.5 Å². The van der Waals surface area contributed by atoms with Crippen molar-refractivity contribution in [3.8, 4) is 5.75 Å². The molecule has 0 unspecified atom stereocenters. The third-order valence-corrected chi connectivity index (χ3v) is 7.46. The van der Waals surface area contributed by atoms with Crippen molar-refractivity contribution in [3.63, 3.8) is 0 Å². The SMILES string of the molecule is Cc1onc(C(=O)N2CCC3(CCCCc4ccccc4O[C@H](C)C(=O)NC3)CC2)c1CN(C)C. The van der Waals surface area contributed by atoms with Gasteiger partial charge < -0.3 is 24.4 Å². The van der Waals surface area contributed by atoms with Crippen molar-refractivity contribution in [1.82, 2.24) is 20.3 Å². The number of carbonyl (C=O) groups is 2. The maximum Gasteiger partial charge on any atom is 0.276 e. The highest BCUT2D eigenvalue weighted by atomic mass is 16.5. The van der Waals surface area contributed by atoms with Gasteiger partial charge in [-0.3, -0.25) is 9.59 Å². The van der Waals surface area contributed by atoms with E-state index in [0.717, 1.165) is 55.4 Å². The Balaban J connectivity index is 1.44. The van der Waals surface area contributed by atoms with Crippen LogP contribution in [0.4, 0.5) is 0 Å². The molecular formula is C27H38N4O4. The van der Waals surface area contributed by atoms with Gasteiger partial charge in [-0.25, -0.2) is 0 Å². The van der Waals surface area contributed by atoms with Crippen LogP contribution in [-0.4, -0.2) is 66.6 Å². The summed E-state index contributed by atoms with van der Waals surface area (Å²) >= 11 is 0. The Morgan fingerprint density at radius 3 is 2.69 bits per heavy atom. The van der Waals surface area contributed by atoms with Gasteiger partial charge in [0.15, 0.2) is 11.8 Å². The average molecular weight is 483 g/mol. The van der Waals surface area contributed by atoms with Crippen LogP contribution in [0.3, 0.4) is 0 Å². The predicted octanol–water partition coefficient (Wildman–Crippen LogP) is 3.58. The van der Waals surface area contributed by atoms with E-state index in [4.69, 9.17) is 9.26 Å². The normalized spacial score (nSPS) is 21.0. The minimum absolute atomic E-state index is 0.0168. The lowest BCUT2D eigenvalue weighted by molar-refractivity contribution is -0.128. The summed E-state index contributed by atoms with van der Waals surface area (Å²) in [6.07, 6.45) is 5.25. The van der Waals surface area contributed by atoms with Crippen LogP contribution < -0.4 is 10.1 Å². The number of aromatic nitrogens is 1. The zero-order chi connectivity index (χ0) is 25.0. The number of amides is 2. The van der Waals surface area contributed by atoms with Crippen molar-refractivity contribution in [1.29, 1.82) is 0 Å². The van der Waals surface area contributed by atoms with Crippen LogP contribution in [0.15, 0.2) is 28.8 Å². The molecule has 1 fully saturated rings. The molecule has 1 atom stereocenters. The van der Waals surface area contributed by atoms with Crippen LogP contribution in [0.1, 0.15) is 66.4 Å². The number of benzene rings is 1. The smallest absolute Gasteiger partial charge is 0.276 e. The van der Waals surface area contributed by atoms with E-state index >= 15 is 0 Å². The molecule has 1 spiro atoms. The van der Waals surface area contributed by atoms with E-state index in [1.165, 1.54) is 0 Å². The number of nitrogens with zero attached hydrogens (tertiary/aromatic N) is 3. The maximum atomic E-state index is 13.3. The van der Waals surface area contributed by atoms with E-state index in [-0.39, 0.29) is 17.2 Å². The summed E-state index contributed by atoms with van der Waals surface area (Å²) in [5, 5.41) is 7.24. The van der Waals surface area contributed by atoms with Gasteiger partial charge in [0.25, 0.3) is 11.8 Å². The van der Waals surface area contributed by atoms with Crippen molar-refractivity contribution in [3.05, 3.63) is 46.8 Å². The molecule has 1 aromatic heterocycles. The van der Waals surface area contributed by atoms with Crippen molar-refractivity contribution in [2.45, 2.75) is 65.0 Å². The second-order valence-corrected chi connectivity index (χ2v) is 10.4. The number of hydrogen-bond acceptors (Lipinski definition) is 6. The first-order valence-electron chi connectivity index (χ1n) is 12.7. The number of nitrogens with one attached hydrogen (secondary N) is 1. The first-order chi connectivity index (χ1) is 16.8. The molecule has 35 heavy (non-hydrogen) atoms. The molecule has 8 nitrogen and oxygen atoms in total. The van der Waals surface area contributed by atoms with Gasteiger partial charge in [-0.05, 0) is 77.1 Å². The highest BCUT2D eigenvalue weighted by Crippen LogP contribution is 2.37. The summed E-state index contributed by atoms with van der Waals surface area (Å²) in [4.78, 5) is 30.0. The van der Waals surface area contributed by atoms with Gasteiger partial charge in [0.2, 0.25) is 0 Å². The number of aryl methyl sites for hydroxylation is 2. The number of likely N-dealkylation sites (tertiary alicyclic amines) is 1. The molecule has 0 aliphatic carbocycles. The Kier molecular flexibility index (Phi) is 7.79. The summed E-state index contributed by atoms with van der Waals surface area (Å²) in [6, 6.07) is 8.00. The lowest BCUT2D eigenvalue weighted by Gasteiger charge is -2.42. The predicted molar refractivity (Wildman–Crippen MR) is 133 cm³/mol. The molecular weight excluding hydrogens is 444 g/mol. The van der Waals surface area contributed by atoms with Crippen LogP contribution in [0, 0.1) is 12.3 Å². The molecule has 3 heterocycles. The number of rotatable bonds is 3. The largest absolute Gasteiger partial charge is 0.481 e. The zero-order valence-electron chi connectivity index (χ0n) is 21.4. The van der Waals surface area contributed by atoms with Gasteiger partial charge in [-0.15, -0.1) is 0 Å². The Bertz CT molecular complexity index is 1040. The molecule has 1 N–H and O–H groups in total. The van der Waals surface area contributed by atoms with E-state index in [1.54, 1.807) is 6.92 Å². The highest BCUT2D eigenvalue weighted by molar-refractivity contribution is 5.94. The van der Waals surface area contributed by atoms with Gasteiger partial charge in [0.05, 0.1) is 0 Å². The van der Waals surface area contributed by atoms with Crippen molar-refractivity contribution >= 4 is 11.8 Å². The summed E-state index contributed by atoms with van der Waals surface area (Å²) in [5.74, 6) is 1.33. The van der Waals surface area contributed by atoms with Gasteiger partial charge in [-0.1, -0.05) is 29.8 Å². The van der Waals surface area contributed by atoms with Gasteiger partial charge in [0, 0.05) is 31.7 Å². The number of piperidine rings is 1. The first kappa shape index (κ1) is 25.2. The molecule has 0 radical (unpaired) electrons. The van der Waals surface area contributed by atoms with E-state index in [0.29, 0.717) is 37.6 Å². The molecule has 4 rings (SSSR count). The van der Waals surface area contributed by atoms with Crippen LogP contribution in [0.5, 0.6) is 5.75 Å². The number of ether oxygens (including phenoxy) is 1. The average Bonchev–Trinajstić information content (AvgIpc) is 3.20. The van der Waals surface area contributed by atoms with Crippen molar-refractivity contribution in [2.75, 3.05) is 33.7 Å². The minimum atomic E-state index is -0.556. The van der Waals surface area contributed by atoms with E-state index < -0.39 is 6.10 Å². The summed E-state index contributed by atoms with van der Waals surface area (Å²) in [6.45, 7) is 6.18. The Morgan fingerprint density at radius 2 is 1.94 bits per heavy atom. The lowest BCUT2D eigenvalue weighted by atomic mass is 9.74. The number of fused-ring (bicyclic) bond motifs is 1. The van der Waals surface area contributed by atoms with Crippen LogP contribution in [0.25, 0.3) is 0 Å². The van der Waals surface area contributed by atoms with Crippen LogP contribution >= 0.6 is 0 Å². The third-order valence-electron chi connectivity index (χ3n) is 7.46. The van der Waals surface area contributed by atoms with E-state index in [2.05, 4.69) is 16.5 Å². The monoisotopic (exact) mass is 482 g/mol. The third kappa shape index (κ3) is 5.86. The molecule has 2 aromatic rings. The van der Waals surface area contributed by atoms with Crippen molar-refractivity contribution < 1.29 is 18.8 Å². The fraction of sp³-hybridized carbons (Fsp3) is 0.593. The standard InChI is InChI=1S/C27H38N4O4/c1-19-22(17-30(3)4)24(29-35-19)26(33)31-15-13-27(14-16-31)12-8-7-10-21-9-5-6-11-23(21)34-20(2)25(32)28-18-27/h5-6,9,11,20H,7-8,10,12-18H2,1-4H3,(H,28,32)/t20-/m1/s1. The molecule has 8 heteroatoms. The topological polar surface area (TPSA) is 87.9 Å². The molecule has 190 valence electrons. The molecule has 0 bridgehead atoms. The molecule has 0 saturated carbocycles. The lowest BCUT2D eigenvalue weighted by Crippen LogP contribution is -2.49. The van der Waals surface area contributed by atoms with Gasteiger partial charge in [-0.2, -0.15) is 0 Å². The number of carbonyl (C=O) groups excluding carboxylic acids is 2. The Hall–Kier alpha value is -2.87. The Labute approximate surface area is 208 Å². The Morgan fingerprint density at radius 1 is 1.20 bits per heavy atom. The van der Waals surface area contributed by atoms with Crippen LogP contribution in [0.2, 0.25) is 0 Å². The summed E-state index contributed by atoms with van der Waals surface area (Å²) < 4.78 is 11.4. The number of para-hydroxylation sites is 1. The fourth-order valence-electron chi connectivity index (χ4n) is 5.21. The van der Waals surface area contributed by atoms with Crippen molar-refractivity contribution in [2.24, 2.45) is 5.41 Å². The van der Waals surface area contributed by atoms with E-state index in [1.807, 2.05) is 49.0 Å². The second-order valence-electron chi connectivity index (χ2n) is 10.4. The fourth-order valence-corrected chi connectivity index (χ4v) is 5.21. The zero-order valence-corrected chi connectivity index (χ0v) is 21.4. The van der Waals surface area contributed by atoms with Crippen LogP contribution in [-0.2, 0) is 17.8 Å². The number of hydrogen-bond donors (Lipinski definition) is 1. The molecule has 2 amide bonds. The quantitative estimate of drug-likeness (QED) is 0.720. The first-order valence-corrected chi connectivity index (χ1v) is 12.7. The molecule has 2 aliphatic rings. The molecule has 1 aromatic carbocycles. The molecule has 2 aliphatic heterocycles. The minimum Gasteiger partial charge on any atom is -0.481 e. The van der Waals surface area contributed by atoms with E-state index in [9.17, 15) is 9.59 Å². The molecule has 1 saturated heterocycles. The van der Waals surface area contributed by atoms with Gasteiger partial charge >= 0.3 is 0 Å². The summed E-state index contributed by atoms with van der Waals surface area (Å²) in [5.41, 5.74) is 2.41. The highest BCUT2D eigenvalue weighted by Gasteiger charge is 2.38. The summed E-state index contributed by atoms with van der Waals surface area (Å²) in [7, 11) is 3.93. The maximum absolute atomic E-state index is 13.3. The second kappa shape index (κ2) is 10.8.